The number of allylic oxidation sites excluding steroid dienone is 4. The van der Waals surface area contributed by atoms with Crippen molar-refractivity contribution in [3.8, 4) is 11.3 Å². The van der Waals surface area contributed by atoms with E-state index in [0.29, 0.717) is 22.3 Å². The van der Waals surface area contributed by atoms with Crippen LogP contribution >= 0.6 is 11.6 Å². The Morgan fingerprint density at radius 1 is 1.07 bits per heavy atom. The van der Waals surface area contributed by atoms with Crippen molar-refractivity contribution in [2.45, 2.75) is 34.1 Å². The second-order valence-corrected chi connectivity index (χ2v) is 9.59. The van der Waals surface area contributed by atoms with Crippen LogP contribution in [0.15, 0.2) is 85.0 Å². The molecule has 0 radical (unpaired) electrons. The Balaban J connectivity index is 0.00000216. The lowest BCUT2D eigenvalue weighted by Gasteiger charge is -2.12. The summed E-state index contributed by atoms with van der Waals surface area (Å²) in [7, 11) is 1.43. The molecule has 208 valence electrons. The molecule has 1 amide bonds. The fourth-order valence-electron chi connectivity index (χ4n) is 4.17. The molecule has 2 aromatic heterocycles. The highest BCUT2D eigenvalue weighted by molar-refractivity contribution is 6.30. The summed E-state index contributed by atoms with van der Waals surface area (Å²) in [6.45, 7) is 7.69. The van der Waals surface area contributed by atoms with Gasteiger partial charge in [0.25, 0.3) is 5.91 Å². The molecule has 40 heavy (non-hydrogen) atoms. The molecule has 8 heteroatoms. The van der Waals surface area contributed by atoms with Gasteiger partial charge >= 0.3 is 5.97 Å². The Morgan fingerprint density at radius 3 is 2.38 bits per heavy atom. The van der Waals surface area contributed by atoms with Crippen LogP contribution in [0.3, 0.4) is 0 Å². The SMILES string of the molecule is C/C=C(\C=C/C(C)Cc1ccccc1)c1cc(-c2ccc(Cl)cc2)nc2cc(C(=O)N(C)CC(=O)O)nn12.CC. The van der Waals surface area contributed by atoms with E-state index < -0.39 is 18.4 Å². The number of nitrogens with zero attached hydrogens (tertiary/aromatic N) is 4. The minimum Gasteiger partial charge on any atom is -0.480 e. The minimum atomic E-state index is -1.10. The maximum absolute atomic E-state index is 12.9. The van der Waals surface area contributed by atoms with Gasteiger partial charge in [-0.15, -0.1) is 0 Å². The molecule has 1 N–H and O–H groups in total. The lowest BCUT2D eigenvalue weighted by atomic mass is 9.99. The first-order valence-corrected chi connectivity index (χ1v) is 13.7. The molecule has 7 nitrogen and oxygen atoms in total. The number of carbonyl (C=O) groups excluding carboxylic acids is 1. The maximum atomic E-state index is 12.9. The number of rotatable bonds is 9. The fourth-order valence-corrected chi connectivity index (χ4v) is 4.30. The van der Waals surface area contributed by atoms with Crippen molar-refractivity contribution < 1.29 is 14.7 Å². The smallest absolute Gasteiger partial charge is 0.323 e. The first kappa shape index (κ1) is 30.3. The zero-order valence-corrected chi connectivity index (χ0v) is 24.3. The van der Waals surface area contributed by atoms with Gasteiger partial charge in [-0.2, -0.15) is 5.10 Å². The molecular weight excluding hydrogens is 524 g/mol. The van der Waals surface area contributed by atoms with Crippen LogP contribution in [-0.2, 0) is 11.2 Å². The zero-order chi connectivity index (χ0) is 29.2. The van der Waals surface area contributed by atoms with Gasteiger partial charge in [-0.05, 0) is 48.6 Å². The molecule has 0 aliphatic heterocycles. The Kier molecular flexibility index (Phi) is 10.8. The third-order valence-electron chi connectivity index (χ3n) is 6.12. The van der Waals surface area contributed by atoms with Gasteiger partial charge in [0.1, 0.15) is 6.54 Å². The highest BCUT2D eigenvalue weighted by atomic mass is 35.5. The van der Waals surface area contributed by atoms with E-state index in [1.807, 2.05) is 63.2 Å². The number of carbonyl (C=O) groups is 2. The number of hydrogen-bond acceptors (Lipinski definition) is 4. The zero-order valence-electron chi connectivity index (χ0n) is 23.5. The lowest BCUT2D eigenvalue weighted by molar-refractivity contribution is -0.137. The summed E-state index contributed by atoms with van der Waals surface area (Å²) in [5, 5.41) is 14.2. The lowest BCUT2D eigenvalue weighted by Crippen LogP contribution is -2.32. The van der Waals surface area contributed by atoms with Crippen molar-refractivity contribution in [1.29, 1.82) is 0 Å². The van der Waals surface area contributed by atoms with Crippen LogP contribution in [0.4, 0.5) is 0 Å². The molecule has 0 saturated heterocycles. The van der Waals surface area contributed by atoms with Crippen LogP contribution in [0.5, 0.6) is 0 Å². The van der Waals surface area contributed by atoms with Gasteiger partial charge in [-0.25, -0.2) is 9.50 Å². The van der Waals surface area contributed by atoms with Gasteiger partial charge in [0.05, 0.1) is 11.4 Å². The number of aliphatic carboxylic acids is 1. The second kappa shape index (κ2) is 14.2. The minimum absolute atomic E-state index is 0.118. The Bertz CT molecular complexity index is 1510. The predicted octanol–water partition coefficient (Wildman–Crippen LogP) is 7.07. The van der Waals surface area contributed by atoms with E-state index in [0.717, 1.165) is 28.2 Å². The van der Waals surface area contributed by atoms with Gasteiger partial charge in [-0.1, -0.05) is 93.1 Å². The van der Waals surface area contributed by atoms with Gasteiger partial charge < -0.3 is 10.0 Å². The predicted molar refractivity (Wildman–Crippen MR) is 161 cm³/mol. The van der Waals surface area contributed by atoms with Crippen molar-refractivity contribution in [3.63, 3.8) is 0 Å². The molecule has 0 saturated carbocycles. The topological polar surface area (TPSA) is 87.8 Å². The maximum Gasteiger partial charge on any atom is 0.323 e. The van der Waals surface area contributed by atoms with Crippen molar-refractivity contribution in [2.24, 2.45) is 5.92 Å². The molecule has 0 aliphatic rings. The summed E-state index contributed by atoms with van der Waals surface area (Å²) in [6, 6.07) is 21.2. The average Bonchev–Trinajstić information content (AvgIpc) is 3.39. The van der Waals surface area contributed by atoms with E-state index >= 15 is 0 Å². The number of hydrogen-bond donors (Lipinski definition) is 1. The number of amides is 1. The molecule has 0 fully saturated rings. The second-order valence-electron chi connectivity index (χ2n) is 9.16. The fraction of sp³-hybridized carbons (Fsp3) is 0.250. The van der Waals surface area contributed by atoms with E-state index in [2.05, 4.69) is 36.3 Å². The van der Waals surface area contributed by atoms with Crippen LogP contribution in [0, 0.1) is 5.92 Å². The Morgan fingerprint density at radius 2 is 1.75 bits per heavy atom. The number of carboxylic acids is 1. The standard InChI is InChI=1S/C30H29ClN4O3.C2H6/c1-4-22(11-10-20(2)16-21-8-6-5-7-9-21)27-17-25(23-12-14-24(31)15-13-23)32-28-18-26(33-35(27)28)30(38)34(3)19-29(36)37;1-2/h4-15,17-18,20H,16,19H2,1-3H3,(H,36,37);1-2H3/b11-10-,22-4+;. The molecule has 0 aliphatic carbocycles. The van der Waals surface area contributed by atoms with E-state index in [-0.39, 0.29) is 5.69 Å². The van der Waals surface area contributed by atoms with Crippen molar-refractivity contribution in [3.05, 3.63) is 107 Å². The molecule has 0 spiro atoms. The van der Waals surface area contributed by atoms with Crippen LogP contribution < -0.4 is 0 Å². The van der Waals surface area contributed by atoms with Crippen molar-refractivity contribution in [2.75, 3.05) is 13.6 Å². The van der Waals surface area contributed by atoms with E-state index in [1.165, 1.54) is 12.6 Å². The van der Waals surface area contributed by atoms with Crippen molar-refractivity contribution >= 4 is 34.7 Å². The van der Waals surface area contributed by atoms with E-state index in [9.17, 15) is 9.59 Å². The Hall–Kier alpha value is -4.23. The summed E-state index contributed by atoms with van der Waals surface area (Å²) in [5.74, 6) is -1.30. The molecule has 4 aromatic rings. The molecule has 1 unspecified atom stereocenters. The van der Waals surface area contributed by atoms with Gasteiger partial charge in [0.15, 0.2) is 11.3 Å². The molecule has 2 heterocycles. The van der Waals surface area contributed by atoms with Crippen LogP contribution in [-0.4, -0.2) is 50.1 Å². The highest BCUT2D eigenvalue weighted by Gasteiger charge is 2.20. The molecule has 1 atom stereocenters. The monoisotopic (exact) mass is 558 g/mol. The summed E-state index contributed by atoms with van der Waals surface area (Å²) in [5.41, 5.74) is 5.10. The highest BCUT2D eigenvalue weighted by Crippen LogP contribution is 2.27. The van der Waals surface area contributed by atoms with E-state index in [1.54, 1.807) is 22.7 Å². The summed E-state index contributed by atoms with van der Waals surface area (Å²) >= 11 is 6.09. The van der Waals surface area contributed by atoms with Crippen LogP contribution in [0.2, 0.25) is 5.02 Å². The molecule has 2 aromatic carbocycles. The first-order valence-electron chi connectivity index (χ1n) is 13.3. The van der Waals surface area contributed by atoms with Gasteiger partial charge in [-0.3, -0.25) is 9.59 Å². The quantitative estimate of drug-likeness (QED) is 0.222. The number of benzene rings is 2. The third kappa shape index (κ3) is 7.67. The number of carboxylic acid groups (broad SMARTS) is 1. The number of likely N-dealkylation sites (N-methyl/N-ethyl adjacent to an activating group) is 1. The number of halogens is 1. The molecule has 0 bridgehead atoms. The van der Waals surface area contributed by atoms with Crippen LogP contribution in [0.1, 0.15) is 49.4 Å². The molecule has 4 rings (SSSR count). The van der Waals surface area contributed by atoms with Gasteiger partial charge in [0, 0.05) is 23.7 Å². The Labute approximate surface area is 240 Å². The number of fused-ring (bicyclic) bond motifs is 1. The summed E-state index contributed by atoms with van der Waals surface area (Å²) in [6.07, 6.45) is 7.12. The van der Waals surface area contributed by atoms with Crippen LogP contribution in [0.25, 0.3) is 22.5 Å². The van der Waals surface area contributed by atoms with Gasteiger partial charge in [0.2, 0.25) is 0 Å². The summed E-state index contributed by atoms with van der Waals surface area (Å²) < 4.78 is 1.63. The van der Waals surface area contributed by atoms with Crippen molar-refractivity contribution in [1.82, 2.24) is 19.5 Å². The average molecular weight is 559 g/mol. The first-order chi connectivity index (χ1) is 19.2. The summed E-state index contributed by atoms with van der Waals surface area (Å²) in [4.78, 5) is 29.9. The largest absolute Gasteiger partial charge is 0.480 e. The third-order valence-corrected chi connectivity index (χ3v) is 6.37. The molecular formula is C32H35ClN4O3. The van der Waals surface area contributed by atoms with E-state index in [4.69, 9.17) is 21.7 Å². The number of aromatic nitrogens is 3. The normalized spacial score (nSPS) is 12.2.